The molecule has 2 nitrogen and oxygen atoms in total. The molecule has 1 aromatic carbocycles. The highest BCUT2D eigenvalue weighted by molar-refractivity contribution is 6.30. The van der Waals surface area contributed by atoms with E-state index in [0.29, 0.717) is 11.6 Å². The average molecular weight is 212 g/mol. The van der Waals surface area contributed by atoms with Gasteiger partial charge in [-0.1, -0.05) is 25.4 Å². The van der Waals surface area contributed by atoms with Crippen molar-refractivity contribution in [3.05, 3.63) is 34.3 Å². The molecule has 2 rings (SSSR count). The highest BCUT2D eigenvalue weighted by Gasteiger charge is 2.23. The summed E-state index contributed by atoms with van der Waals surface area (Å²) in [6.07, 6.45) is 0. The summed E-state index contributed by atoms with van der Waals surface area (Å²) in [6, 6.07) is 5.37. The lowest BCUT2D eigenvalue weighted by molar-refractivity contribution is 0.0816. The number of carbonyl (C=O) groups is 1. The molecule has 0 bridgehead atoms. The summed E-state index contributed by atoms with van der Waals surface area (Å²) in [4.78, 5) is 13.1. The van der Waals surface area contributed by atoms with Crippen molar-refractivity contribution < 1.29 is 4.79 Å². The molecule has 1 amide bonds. The zero-order valence-corrected chi connectivity index (χ0v) is 9.43. The van der Waals surface area contributed by atoms with E-state index in [1.165, 1.54) is 0 Å². The molecule has 3 heteroatoms. The van der Waals surface area contributed by atoms with Gasteiger partial charge in [0, 0.05) is 24.2 Å². The van der Waals surface area contributed by atoms with Gasteiger partial charge in [0.15, 0.2) is 0 Å². The molecule has 0 aromatic heterocycles. The van der Waals surface area contributed by atoms with Gasteiger partial charge in [0.05, 0.1) is 0 Å². The minimum absolute atomic E-state index is 0.0849. The number of nitrogens with zero attached hydrogens (tertiary/aromatic N) is 1. The molecule has 76 valence electrons. The van der Waals surface area contributed by atoms with Crippen LogP contribution in [0.5, 0.6) is 0 Å². The van der Waals surface area contributed by atoms with Crippen molar-refractivity contribution in [2.75, 3.05) is 7.05 Å². The summed E-state index contributed by atoms with van der Waals surface area (Å²) >= 11 is 5.79. The fourth-order valence-electron chi connectivity index (χ4n) is 1.43. The van der Waals surface area contributed by atoms with Crippen molar-refractivity contribution in [2.24, 2.45) is 0 Å². The summed E-state index contributed by atoms with van der Waals surface area (Å²) in [5.74, 6) is 0.0849. The molecular formula is C11H14ClNO. The Bertz CT molecular complexity index is 349. The van der Waals surface area contributed by atoms with Gasteiger partial charge in [-0.2, -0.15) is 0 Å². The van der Waals surface area contributed by atoms with Crippen LogP contribution in [0, 0.1) is 0 Å². The molecule has 1 heterocycles. The number of amides is 1. The molecule has 0 N–H and O–H groups in total. The monoisotopic (exact) mass is 211 g/mol. The molecule has 0 radical (unpaired) electrons. The number of fused-ring (bicyclic) bond motifs is 1. The Hall–Kier alpha value is -1.02. The highest BCUT2D eigenvalue weighted by atomic mass is 35.5. The second-order valence-electron chi connectivity index (χ2n) is 2.96. The Morgan fingerprint density at radius 1 is 1.36 bits per heavy atom. The first kappa shape index (κ1) is 11.1. The summed E-state index contributed by atoms with van der Waals surface area (Å²) in [5.41, 5.74) is 1.80. The van der Waals surface area contributed by atoms with Gasteiger partial charge in [-0.3, -0.25) is 4.79 Å². The minimum atomic E-state index is 0.0849. The molecule has 0 unspecified atom stereocenters. The van der Waals surface area contributed by atoms with Crippen LogP contribution < -0.4 is 0 Å². The molecule has 1 aromatic rings. The van der Waals surface area contributed by atoms with Gasteiger partial charge in [0.25, 0.3) is 5.91 Å². The van der Waals surface area contributed by atoms with Crippen molar-refractivity contribution in [3.63, 3.8) is 0 Å². The van der Waals surface area contributed by atoms with E-state index in [2.05, 4.69) is 0 Å². The first-order valence-electron chi connectivity index (χ1n) is 4.72. The van der Waals surface area contributed by atoms with Crippen molar-refractivity contribution in [3.8, 4) is 0 Å². The van der Waals surface area contributed by atoms with E-state index in [1.54, 1.807) is 24.1 Å². The molecule has 1 aliphatic heterocycles. The molecule has 0 fully saturated rings. The number of halogens is 1. The van der Waals surface area contributed by atoms with Crippen LogP contribution in [-0.4, -0.2) is 17.9 Å². The zero-order valence-electron chi connectivity index (χ0n) is 8.67. The van der Waals surface area contributed by atoms with E-state index in [-0.39, 0.29) is 5.91 Å². The molecule has 1 aliphatic rings. The number of rotatable bonds is 0. The van der Waals surface area contributed by atoms with Crippen LogP contribution in [0.1, 0.15) is 29.8 Å². The standard InChI is InChI=1S/C9H8ClNO.C2H6/c1-11-5-6-4-7(10)2-3-8(6)9(11)12;1-2/h2-4H,5H2,1H3;1-2H3. The Morgan fingerprint density at radius 2 is 2.00 bits per heavy atom. The van der Waals surface area contributed by atoms with Crippen LogP contribution in [0.3, 0.4) is 0 Å². The molecule has 0 aliphatic carbocycles. The molecule has 14 heavy (non-hydrogen) atoms. The summed E-state index contributed by atoms with van der Waals surface area (Å²) < 4.78 is 0. The third-order valence-electron chi connectivity index (χ3n) is 2.05. The Balaban J connectivity index is 0.000000461. The maximum absolute atomic E-state index is 11.4. The van der Waals surface area contributed by atoms with Crippen molar-refractivity contribution in [1.82, 2.24) is 4.90 Å². The number of benzene rings is 1. The molecule has 0 saturated carbocycles. The highest BCUT2D eigenvalue weighted by Crippen LogP contribution is 2.24. The summed E-state index contributed by atoms with van der Waals surface area (Å²) in [5, 5.41) is 0.692. The van der Waals surface area contributed by atoms with Crippen LogP contribution in [0.25, 0.3) is 0 Å². The molecular weight excluding hydrogens is 198 g/mol. The topological polar surface area (TPSA) is 20.3 Å². The second-order valence-corrected chi connectivity index (χ2v) is 3.40. The lowest BCUT2D eigenvalue weighted by atomic mass is 10.1. The second kappa shape index (κ2) is 4.47. The van der Waals surface area contributed by atoms with Crippen LogP contribution in [-0.2, 0) is 6.54 Å². The quantitative estimate of drug-likeness (QED) is 0.646. The summed E-state index contributed by atoms with van der Waals surface area (Å²) in [7, 11) is 1.79. The van der Waals surface area contributed by atoms with Crippen LogP contribution in [0.15, 0.2) is 18.2 Å². The molecule has 0 atom stereocenters. The van der Waals surface area contributed by atoms with Gasteiger partial charge in [-0.15, -0.1) is 0 Å². The summed E-state index contributed by atoms with van der Waals surface area (Å²) in [6.45, 7) is 4.68. The number of hydrogen-bond donors (Lipinski definition) is 0. The van der Waals surface area contributed by atoms with Crippen LogP contribution >= 0.6 is 11.6 Å². The Labute approximate surface area is 89.5 Å². The van der Waals surface area contributed by atoms with Crippen molar-refractivity contribution in [2.45, 2.75) is 20.4 Å². The molecule has 0 spiro atoms. The smallest absolute Gasteiger partial charge is 0.254 e. The van der Waals surface area contributed by atoms with Crippen molar-refractivity contribution in [1.29, 1.82) is 0 Å². The zero-order chi connectivity index (χ0) is 10.7. The van der Waals surface area contributed by atoms with E-state index >= 15 is 0 Å². The van der Waals surface area contributed by atoms with E-state index < -0.39 is 0 Å². The predicted molar refractivity (Wildman–Crippen MR) is 58.6 cm³/mol. The largest absolute Gasteiger partial charge is 0.337 e. The van der Waals surface area contributed by atoms with Crippen LogP contribution in [0.4, 0.5) is 0 Å². The van der Waals surface area contributed by atoms with Crippen LogP contribution in [0.2, 0.25) is 5.02 Å². The maximum Gasteiger partial charge on any atom is 0.254 e. The fraction of sp³-hybridized carbons (Fsp3) is 0.364. The van der Waals surface area contributed by atoms with Gasteiger partial charge in [-0.25, -0.2) is 0 Å². The van der Waals surface area contributed by atoms with Gasteiger partial charge < -0.3 is 4.90 Å². The normalized spacial score (nSPS) is 13.4. The third-order valence-corrected chi connectivity index (χ3v) is 2.29. The Morgan fingerprint density at radius 3 is 2.64 bits per heavy atom. The van der Waals surface area contributed by atoms with Gasteiger partial charge in [0.1, 0.15) is 0 Å². The van der Waals surface area contributed by atoms with Gasteiger partial charge in [-0.05, 0) is 23.8 Å². The van der Waals surface area contributed by atoms with E-state index in [0.717, 1.165) is 11.1 Å². The SMILES string of the molecule is CC.CN1Cc2cc(Cl)ccc2C1=O. The van der Waals surface area contributed by atoms with E-state index in [1.807, 2.05) is 19.9 Å². The van der Waals surface area contributed by atoms with Gasteiger partial charge in [0.2, 0.25) is 0 Å². The maximum atomic E-state index is 11.4. The fourth-order valence-corrected chi connectivity index (χ4v) is 1.63. The predicted octanol–water partition coefficient (Wildman–Crippen LogP) is 2.95. The van der Waals surface area contributed by atoms with E-state index in [9.17, 15) is 4.79 Å². The number of carbonyl (C=O) groups excluding carboxylic acids is 1. The first-order chi connectivity index (χ1) is 6.68. The third kappa shape index (κ3) is 1.90. The first-order valence-corrected chi connectivity index (χ1v) is 5.10. The molecule has 0 saturated heterocycles. The van der Waals surface area contributed by atoms with E-state index in [4.69, 9.17) is 11.6 Å². The number of hydrogen-bond acceptors (Lipinski definition) is 1. The van der Waals surface area contributed by atoms with Crippen molar-refractivity contribution >= 4 is 17.5 Å². The lowest BCUT2D eigenvalue weighted by Gasteiger charge is -2.04. The average Bonchev–Trinajstić information content (AvgIpc) is 2.45. The minimum Gasteiger partial charge on any atom is -0.337 e. The lowest BCUT2D eigenvalue weighted by Crippen LogP contribution is -2.17. The van der Waals surface area contributed by atoms with Gasteiger partial charge >= 0.3 is 0 Å². The Kier molecular flexibility index (Phi) is 3.53.